The molecule has 50 heavy (non-hydrogen) atoms. The lowest BCUT2D eigenvalue weighted by Gasteiger charge is -2.21. The Hall–Kier alpha value is -6.19. The molecule has 0 fully saturated rings. The Labute approximate surface area is 294 Å². The highest BCUT2D eigenvalue weighted by Gasteiger charge is 2.36. The Morgan fingerprint density at radius 3 is 1.76 bits per heavy atom. The monoisotopic (exact) mass is 643 g/mol. The van der Waals surface area contributed by atoms with Gasteiger partial charge in [0.15, 0.2) is 17.5 Å². The van der Waals surface area contributed by atoms with Gasteiger partial charge in [0.1, 0.15) is 0 Å². The van der Waals surface area contributed by atoms with Crippen LogP contribution in [0.2, 0.25) is 0 Å². The van der Waals surface area contributed by atoms with Gasteiger partial charge in [-0.1, -0.05) is 166 Å². The van der Waals surface area contributed by atoms with Crippen LogP contribution >= 0.6 is 0 Å². The molecule has 0 saturated carbocycles. The van der Waals surface area contributed by atoms with E-state index in [2.05, 4.69) is 160 Å². The molecule has 1 heterocycles. The number of benzene rings is 6. The Kier molecular flexibility index (Phi) is 7.89. The maximum absolute atomic E-state index is 5.08. The van der Waals surface area contributed by atoms with Crippen molar-refractivity contribution in [1.82, 2.24) is 15.0 Å². The summed E-state index contributed by atoms with van der Waals surface area (Å²) in [5.41, 5.74) is 14.9. The van der Waals surface area contributed by atoms with Crippen molar-refractivity contribution >= 4 is 5.57 Å². The zero-order valence-electron chi connectivity index (χ0n) is 28.6. The highest BCUT2D eigenvalue weighted by Crippen LogP contribution is 2.52. The third-order valence-corrected chi connectivity index (χ3v) is 9.91. The lowest BCUT2D eigenvalue weighted by Crippen LogP contribution is -2.14. The molecule has 0 atom stereocenters. The van der Waals surface area contributed by atoms with E-state index in [1.54, 1.807) is 0 Å². The SMILES string of the molecule is C=C/C(=C\C)c1cccc(-c2nc(-c3ccc(-c4cccc5c4-c4ccccc4C5(C)C)cc3)nc(-c3cccc(-c4ccccc4)c3)n2)c1. The second kappa shape index (κ2) is 12.7. The highest BCUT2D eigenvalue weighted by molar-refractivity contribution is 5.92. The molecule has 0 saturated heterocycles. The van der Waals surface area contributed by atoms with Crippen LogP contribution in [0.3, 0.4) is 0 Å². The summed E-state index contributed by atoms with van der Waals surface area (Å²) in [5.74, 6) is 1.89. The van der Waals surface area contributed by atoms with Crippen LogP contribution in [0, 0.1) is 0 Å². The lowest BCUT2D eigenvalue weighted by atomic mass is 9.82. The summed E-state index contributed by atoms with van der Waals surface area (Å²) >= 11 is 0. The van der Waals surface area contributed by atoms with Crippen molar-refractivity contribution in [3.63, 3.8) is 0 Å². The van der Waals surface area contributed by atoms with Crippen LogP contribution in [-0.2, 0) is 5.41 Å². The summed E-state index contributed by atoms with van der Waals surface area (Å²) in [6.45, 7) is 10.7. The minimum Gasteiger partial charge on any atom is -0.208 e. The Morgan fingerprint density at radius 2 is 1.04 bits per heavy atom. The molecule has 0 spiro atoms. The van der Waals surface area contributed by atoms with Gasteiger partial charge in [-0.25, -0.2) is 15.0 Å². The van der Waals surface area contributed by atoms with Gasteiger partial charge in [0.05, 0.1) is 0 Å². The fraction of sp³-hybridized carbons (Fsp3) is 0.0851. The first-order valence-corrected chi connectivity index (χ1v) is 17.1. The van der Waals surface area contributed by atoms with Gasteiger partial charge >= 0.3 is 0 Å². The Bertz CT molecular complexity index is 2420. The van der Waals surface area contributed by atoms with Crippen molar-refractivity contribution in [2.45, 2.75) is 26.2 Å². The lowest BCUT2D eigenvalue weighted by molar-refractivity contribution is 0.660. The number of hydrogen-bond donors (Lipinski definition) is 0. The molecule has 0 bridgehead atoms. The fourth-order valence-corrected chi connectivity index (χ4v) is 7.27. The number of nitrogens with zero attached hydrogens (tertiary/aromatic N) is 3. The van der Waals surface area contributed by atoms with Gasteiger partial charge in [-0.3, -0.25) is 0 Å². The van der Waals surface area contributed by atoms with Gasteiger partial charge in [0.25, 0.3) is 0 Å². The minimum absolute atomic E-state index is 0.0476. The molecule has 0 unspecified atom stereocenters. The zero-order valence-corrected chi connectivity index (χ0v) is 28.6. The van der Waals surface area contributed by atoms with Crippen LogP contribution in [0.1, 0.15) is 37.5 Å². The molecule has 0 aliphatic heterocycles. The van der Waals surface area contributed by atoms with Gasteiger partial charge in [0.2, 0.25) is 0 Å². The van der Waals surface area contributed by atoms with Crippen molar-refractivity contribution in [3.8, 4) is 67.5 Å². The zero-order chi connectivity index (χ0) is 34.2. The molecule has 3 nitrogen and oxygen atoms in total. The van der Waals surface area contributed by atoms with E-state index >= 15 is 0 Å². The first-order chi connectivity index (χ1) is 24.4. The van der Waals surface area contributed by atoms with Gasteiger partial charge in [-0.15, -0.1) is 0 Å². The molecule has 240 valence electrons. The summed E-state index contributed by atoms with van der Waals surface area (Å²) in [6.07, 6.45) is 3.94. The van der Waals surface area contributed by atoms with Gasteiger partial charge < -0.3 is 0 Å². The quantitative estimate of drug-likeness (QED) is 0.162. The van der Waals surface area contributed by atoms with Crippen molar-refractivity contribution in [2.24, 2.45) is 0 Å². The van der Waals surface area contributed by atoms with Crippen molar-refractivity contribution in [3.05, 3.63) is 181 Å². The van der Waals surface area contributed by atoms with Crippen LogP contribution < -0.4 is 0 Å². The summed E-state index contributed by atoms with van der Waals surface area (Å²) in [4.78, 5) is 15.2. The molecule has 1 aromatic heterocycles. The van der Waals surface area contributed by atoms with Gasteiger partial charge in [0, 0.05) is 22.1 Å². The van der Waals surface area contributed by atoms with E-state index in [9.17, 15) is 0 Å². The smallest absolute Gasteiger partial charge is 0.164 e. The van der Waals surface area contributed by atoms with Crippen molar-refractivity contribution < 1.29 is 0 Å². The second-order valence-electron chi connectivity index (χ2n) is 13.3. The predicted molar refractivity (Wildman–Crippen MR) is 208 cm³/mol. The standard InChI is InChI=1S/C47H37N3/c1-5-31(6-2)35-17-12-19-37(29-35)45-48-44(49-46(50-45)38-20-13-18-36(30-38)32-15-8-7-9-16-32)34-27-25-33(26-28-34)39-22-14-24-42-43(39)40-21-10-11-23-41(40)47(42,3)4/h5-30H,1H2,2-4H3/b31-6+. The normalized spacial score (nSPS) is 13.1. The van der Waals surface area contributed by atoms with Gasteiger partial charge in [-0.2, -0.15) is 0 Å². The highest BCUT2D eigenvalue weighted by atomic mass is 15.0. The first-order valence-electron chi connectivity index (χ1n) is 17.1. The molecule has 0 N–H and O–H groups in total. The molecule has 8 rings (SSSR count). The van der Waals surface area contributed by atoms with E-state index in [4.69, 9.17) is 15.0 Å². The molecular formula is C47H37N3. The fourth-order valence-electron chi connectivity index (χ4n) is 7.27. The largest absolute Gasteiger partial charge is 0.208 e. The summed E-state index contributed by atoms with van der Waals surface area (Å²) < 4.78 is 0. The van der Waals surface area contributed by atoms with E-state index in [1.807, 2.05) is 25.1 Å². The molecule has 6 aromatic carbocycles. The van der Waals surface area contributed by atoms with Crippen LogP contribution in [-0.4, -0.2) is 15.0 Å². The van der Waals surface area contributed by atoms with Crippen molar-refractivity contribution in [2.75, 3.05) is 0 Å². The van der Waals surface area contributed by atoms with E-state index < -0.39 is 0 Å². The molecule has 7 aromatic rings. The van der Waals surface area contributed by atoms with Crippen LogP contribution in [0.5, 0.6) is 0 Å². The van der Waals surface area contributed by atoms with E-state index in [0.717, 1.165) is 39.0 Å². The van der Waals surface area contributed by atoms with E-state index in [-0.39, 0.29) is 5.41 Å². The maximum Gasteiger partial charge on any atom is 0.164 e. The van der Waals surface area contributed by atoms with Crippen LogP contribution in [0.15, 0.2) is 164 Å². The number of allylic oxidation sites excluding steroid dienone is 3. The summed E-state index contributed by atoms with van der Waals surface area (Å²) in [5, 5.41) is 0. The van der Waals surface area contributed by atoms with E-state index in [0.29, 0.717) is 17.5 Å². The average Bonchev–Trinajstić information content (AvgIpc) is 3.42. The third kappa shape index (κ3) is 5.47. The number of rotatable bonds is 7. The predicted octanol–water partition coefficient (Wildman–Crippen LogP) is 12.1. The third-order valence-electron chi connectivity index (χ3n) is 9.91. The average molecular weight is 644 g/mol. The Balaban J connectivity index is 1.24. The summed E-state index contributed by atoms with van der Waals surface area (Å²) in [6, 6.07) is 51.3. The minimum atomic E-state index is -0.0476. The first kappa shape index (κ1) is 31.1. The number of fused-ring (bicyclic) bond motifs is 3. The second-order valence-corrected chi connectivity index (χ2v) is 13.3. The number of aromatic nitrogens is 3. The van der Waals surface area contributed by atoms with Crippen molar-refractivity contribution in [1.29, 1.82) is 0 Å². The maximum atomic E-state index is 5.08. The van der Waals surface area contributed by atoms with Crippen LogP contribution in [0.4, 0.5) is 0 Å². The molecule has 3 heteroatoms. The van der Waals surface area contributed by atoms with Gasteiger partial charge in [-0.05, 0) is 74.7 Å². The molecule has 0 amide bonds. The molecule has 1 aliphatic carbocycles. The number of hydrogen-bond acceptors (Lipinski definition) is 3. The summed E-state index contributed by atoms with van der Waals surface area (Å²) in [7, 11) is 0. The van der Waals surface area contributed by atoms with Crippen LogP contribution in [0.25, 0.3) is 73.1 Å². The molecule has 0 radical (unpaired) electrons. The topological polar surface area (TPSA) is 38.7 Å². The molecular weight excluding hydrogens is 607 g/mol. The Morgan fingerprint density at radius 1 is 0.500 bits per heavy atom. The van der Waals surface area contributed by atoms with E-state index in [1.165, 1.54) is 33.4 Å². The molecule has 1 aliphatic rings.